The van der Waals surface area contributed by atoms with E-state index >= 15 is 0 Å². The number of hydrogen-bond donors (Lipinski definition) is 0. The summed E-state index contributed by atoms with van der Waals surface area (Å²) in [5.74, 6) is -1.84. The third kappa shape index (κ3) is 3.75. The second-order valence-electron chi connectivity index (χ2n) is 6.05. The lowest BCUT2D eigenvalue weighted by Gasteiger charge is -2.31. The number of alkyl halides is 3. The molecule has 0 saturated carbocycles. The molecule has 0 aliphatic carbocycles. The molecule has 0 bridgehead atoms. The molecule has 3 heterocycles. The van der Waals surface area contributed by atoms with Crippen molar-refractivity contribution in [3.63, 3.8) is 0 Å². The highest BCUT2D eigenvalue weighted by atomic mass is 19.4. The first-order valence-corrected chi connectivity index (χ1v) is 7.96. The first kappa shape index (κ1) is 18.1. The lowest BCUT2D eigenvalue weighted by Crippen LogP contribution is -2.38. The lowest BCUT2D eigenvalue weighted by molar-refractivity contribution is -0.152. The summed E-state index contributed by atoms with van der Waals surface area (Å²) in [5, 5.41) is 10.6. The highest BCUT2D eigenvalue weighted by Gasteiger charge is 2.38. The summed E-state index contributed by atoms with van der Waals surface area (Å²) in [7, 11) is 0. The van der Waals surface area contributed by atoms with Gasteiger partial charge in [-0.05, 0) is 31.9 Å². The van der Waals surface area contributed by atoms with Crippen LogP contribution in [0.1, 0.15) is 25.6 Å². The first-order chi connectivity index (χ1) is 12.3. The Balaban J connectivity index is 1.69. The summed E-state index contributed by atoms with van der Waals surface area (Å²) >= 11 is 0. The summed E-state index contributed by atoms with van der Waals surface area (Å²) in [6.45, 7) is 1.95. The van der Waals surface area contributed by atoms with Crippen molar-refractivity contribution in [3.05, 3.63) is 18.0 Å². The fraction of sp³-hybridized carbons (Fsp3) is 0.533. The topological polar surface area (TPSA) is 89.7 Å². The van der Waals surface area contributed by atoms with E-state index in [1.807, 2.05) is 0 Å². The van der Waals surface area contributed by atoms with Crippen LogP contribution in [0.5, 0.6) is 0 Å². The van der Waals surface area contributed by atoms with E-state index in [9.17, 15) is 22.8 Å². The van der Waals surface area contributed by atoms with E-state index in [2.05, 4.69) is 15.3 Å². The van der Waals surface area contributed by atoms with Crippen molar-refractivity contribution in [1.29, 1.82) is 0 Å². The summed E-state index contributed by atoms with van der Waals surface area (Å²) in [6, 6.07) is 2.98. The number of Topliss-reactive ketones (excluding diaryl/α,β-unsaturated/α-hetero) is 1. The summed E-state index contributed by atoms with van der Waals surface area (Å²) < 4.78 is 44.4. The molecule has 1 aliphatic rings. The van der Waals surface area contributed by atoms with Crippen molar-refractivity contribution in [2.24, 2.45) is 5.92 Å². The molecule has 140 valence electrons. The van der Waals surface area contributed by atoms with Crippen molar-refractivity contribution < 1.29 is 27.5 Å². The summed E-state index contributed by atoms with van der Waals surface area (Å²) in [6.07, 6.45) is -3.73. The molecule has 1 aliphatic heterocycles. The molecule has 0 aromatic carbocycles. The number of anilines is 1. The number of ether oxygens (including phenoxy) is 1. The van der Waals surface area contributed by atoms with Gasteiger partial charge in [0.15, 0.2) is 11.4 Å². The van der Waals surface area contributed by atoms with Crippen LogP contribution in [-0.4, -0.2) is 51.3 Å². The molecule has 0 radical (unpaired) electrons. The third-order valence-corrected chi connectivity index (χ3v) is 4.07. The molecule has 0 unspecified atom stereocenters. The Hall–Kier alpha value is -2.72. The fourth-order valence-electron chi connectivity index (χ4n) is 2.76. The highest BCUT2D eigenvalue weighted by Crippen LogP contribution is 2.28. The maximum Gasteiger partial charge on any atom is 0.453 e. The number of carbonyl (C=O) groups is 2. The lowest BCUT2D eigenvalue weighted by atomic mass is 9.97. The molecule has 26 heavy (non-hydrogen) atoms. The van der Waals surface area contributed by atoms with E-state index in [-0.39, 0.29) is 24.0 Å². The van der Waals surface area contributed by atoms with Crippen LogP contribution in [-0.2, 0) is 20.5 Å². The number of halogens is 3. The molecular formula is C15H16F3N5O3. The van der Waals surface area contributed by atoms with Gasteiger partial charge >= 0.3 is 12.1 Å². The van der Waals surface area contributed by atoms with Gasteiger partial charge in [0.2, 0.25) is 0 Å². The smallest absolute Gasteiger partial charge is 0.453 e. The number of carbonyl (C=O) groups excluding carboxylic acids is 2. The minimum atomic E-state index is -4.65. The number of nitrogens with zero attached hydrogens (tertiary/aromatic N) is 5. The average molecular weight is 371 g/mol. The van der Waals surface area contributed by atoms with Gasteiger partial charge in [-0.2, -0.15) is 17.7 Å². The summed E-state index contributed by atoms with van der Waals surface area (Å²) in [5.41, 5.74) is 0.00349. The molecule has 2 aromatic heterocycles. The van der Waals surface area contributed by atoms with Crippen molar-refractivity contribution >= 4 is 23.2 Å². The van der Waals surface area contributed by atoms with Crippen molar-refractivity contribution in [1.82, 2.24) is 19.8 Å². The molecule has 0 spiro atoms. The van der Waals surface area contributed by atoms with Gasteiger partial charge < -0.3 is 9.64 Å². The number of fused-ring (bicyclic) bond motifs is 1. The SMILES string of the molecule is CC(=O)COC(=O)C1CCN(c2ccc3nnc(C(F)(F)F)n3n2)CC1. The maximum absolute atomic E-state index is 12.9. The quantitative estimate of drug-likeness (QED) is 0.752. The van der Waals surface area contributed by atoms with Crippen LogP contribution in [0.2, 0.25) is 0 Å². The zero-order chi connectivity index (χ0) is 18.9. The monoisotopic (exact) mass is 371 g/mol. The molecule has 1 fully saturated rings. The van der Waals surface area contributed by atoms with Crippen LogP contribution in [0.25, 0.3) is 5.65 Å². The van der Waals surface area contributed by atoms with E-state index in [0.29, 0.717) is 36.3 Å². The Bertz CT molecular complexity index is 828. The molecule has 11 heteroatoms. The maximum atomic E-state index is 12.9. The Morgan fingerprint density at radius 3 is 2.54 bits per heavy atom. The molecule has 3 rings (SSSR count). The van der Waals surface area contributed by atoms with Crippen LogP contribution >= 0.6 is 0 Å². The number of esters is 1. The predicted octanol–water partition coefficient (Wildman–Crippen LogP) is 1.49. The van der Waals surface area contributed by atoms with Crippen LogP contribution in [0, 0.1) is 5.92 Å². The van der Waals surface area contributed by atoms with E-state index in [4.69, 9.17) is 4.74 Å². The Kier molecular flexibility index (Phi) is 4.79. The van der Waals surface area contributed by atoms with Crippen LogP contribution < -0.4 is 4.90 Å². The third-order valence-electron chi connectivity index (χ3n) is 4.07. The van der Waals surface area contributed by atoms with Gasteiger partial charge in [-0.3, -0.25) is 9.59 Å². The molecule has 8 nitrogen and oxygen atoms in total. The molecule has 1 saturated heterocycles. The van der Waals surface area contributed by atoms with Gasteiger partial charge in [0.25, 0.3) is 5.82 Å². The van der Waals surface area contributed by atoms with Crippen molar-refractivity contribution in [2.45, 2.75) is 25.9 Å². The van der Waals surface area contributed by atoms with Gasteiger partial charge in [-0.25, -0.2) is 0 Å². The minimum Gasteiger partial charge on any atom is -0.457 e. The van der Waals surface area contributed by atoms with Gasteiger partial charge in [0.05, 0.1) is 5.92 Å². The molecule has 2 aromatic rings. The van der Waals surface area contributed by atoms with E-state index in [1.165, 1.54) is 13.0 Å². The number of hydrogen-bond acceptors (Lipinski definition) is 7. The Morgan fingerprint density at radius 1 is 1.23 bits per heavy atom. The largest absolute Gasteiger partial charge is 0.457 e. The zero-order valence-corrected chi connectivity index (χ0v) is 13.9. The van der Waals surface area contributed by atoms with Gasteiger partial charge in [-0.1, -0.05) is 0 Å². The predicted molar refractivity (Wildman–Crippen MR) is 82.4 cm³/mol. The molecule has 0 N–H and O–H groups in total. The Morgan fingerprint density at radius 2 is 1.92 bits per heavy atom. The minimum absolute atomic E-state index is 0.00349. The van der Waals surface area contributed by atoms with Gasteiger partial charge in [-0.15, -0.1) is 15.3 Å². The molecular weight excluding hydrogens is 355 g/mol. The van der Waals surface area contributed by atoms with Crippen LogP contribution in [0.15, 0.2) is 12.1 Å². The van der Waals surface area contributed by atoms with Gasteiger partial charge in [0, 0.05) is 13.1 Å². The second kappa shape index (κ2) is 6.89. The number of aromatic nitrogens is 4. The zero-order valence-electron chi connectivity index (χ0n) is 13.9. The van der Waals surface area contributed by atoms with E-state index in [1.54, 1.807) is 11.0 Å². The van der Waals surface area contributed by atoms with Crippen molar-refractivity contribution in [3.8, 4) is 0 Å². The number of rotatable bonds is 4. The standard InChI is InChI=1S/C15H16F3N5O3/c1-9(24)8-26-13(25)10-4-6-22(7-5-10)12-3-2-11-19-20-14(15(16,17)18)23(11)21-12/h2-3,10H,4-8H2,1H3. The molecule has 0 atom stereocenters. The van der Waals surface area contributed by atoms with Crippen LogP contribution in [0.3, 0.4) is 0 Å². The van der Waals surface area contributed by atoms with Gasteiger partial charge in [0.1, 0.15) is 12.4 Å². The Labute approximate surface area is 145 Å². The highest BCUT2D eigenvalue weighted by molar-refractivity contribution is 5.81. The second-order valence-corrected chi connectivity index (χ2v) is 6.05. The number of piperidine rings is 1. The molecule has 0 amide bonds. The van der Waals surface area contributed by atoms with Crippen molar-refractivity contribution in [2.75, 3.05) is 24.6 Å². The normalized spacial score (nSPS) is 16.1. The van der Waals surface area contributed by atoms with Crippen LogP contribution in [0.4, 0.5) is 19.0 Å². The number of ketones is 1. The summed E-state index contributed by atoms with van der Waals surface area (Å²) in [4.78, 5) is 24.5. The van der Waals surface area contributed by atoms with E-state index in [0.717, 1.165) is 0 Å². The fourth-order valence-corrected chi connectivity index (χ4v) is 2.76. The first-order valence-electron chi connectivity index (χ1n) is 7.96. The van der Waals surface area contributed by atoms with E-state index < -0.39 is 18.0 Å². The average Bonchev–Trinajstić information content (AvgIpc) is 3.03.